The lowest BCUT2D eigenvalue weighted by Crippen LogP contribution is -2.23. The average Bonchev–Trinajstić information content (AvgIpc) is 2.78. The van der Waals surface area contributed by atoms with Crippen LogP contribution < -0.4 is 0 Å². The predicted molar refractivity (Wildman–Crippen MR) is 71.5 cm³/mol. The average molecular weight is 290 g/mol. The first-order chi connectivity index (χ1) is 8.93. The summed E-state index contributed by atoms with van der Waals surface area (Å²) in [6.07, 6.45) is 3.95. The first-order valence-electron chi connectivity index (χ1n) is 6.80. The van der Waals surface area contributed by atoms with Crippen LogP contribution in [0.1, 0.15) is 45.4 Å². The molecule has 1 saturated carbocycles. The van der Waals surface area contributed by atoms with E-state index in [1.54, 1.807) is 6.92 Å². The van der Waals surface area contributed by atoms with Crippen LogP contribution in [0, 0.1) is 5.92 Å². The molecular weight excluding hydrogens is 268 g/mol. The Morgan fingerprint density at radius 3 is 2.37 bits per heavy atom. The zero-order valence-electron chi connectivity index (χ0n) is 11.4. The fraction of sp³-hybridized carbons (Fsp3) is 0.846. The molecule has 1 fully saturated rings. The maximum absolute atomic E-state index is 11.8. The van der Waals surface area contributed by atoms with E-state index in [4.69, 9.17) is 0 Å². The Morgan fingerprint density at radius 2 is 1.79 bits per heavy atom. The van der Waals surface area contributed by atoms with Gasteiger partial charge in [0.05, 0.1) is 18.8 Å². The zero-order valence-corrected chi connectivity index (χ0v) is 12.2. The van der Waals surface area contributed by atoms with Crippen molar-refractivity contribution in [3.8, 4) is 0 Å². The molecule has 0 atom stereocenters. The number of ketones is 1. The van der Waals surface area contributed by atoms with Crippen molar-refractivity contribution >= 4 is 21.6 Å². The third kappa shape index (κ3) is 6.71. The lowest BCUT2D eigenvalue weighted by molar-refractivity contribution is -0.144. The fourth-order valence-electron chi connectivity index (χ4n) is 2.39. The summed E-state index contributed by atoms with van der Waals surface area (Å²) >= 11 is 0. The standard InChI is InChI=1S/C13H22O5S/c1-2-18-13(15)8-7-12(14)10-19(16,17)9-11-5-3-4-6-11/h11H,2-10H2,1H3. The van der Waals surface area contributed by atoms with Crippen LogP contribution >= 0.6 is 0 Å². The van der Waals surface area contributed by atoms with Gasteiger partial charge in [-0.1, -0.05) is 12.8 Å². The number of rotatable bonds is 8. The number of sulfone groups is 1. The van der Waals surface area contributed by atoms with E-state index < -0.39 is 27.3 Å². The van der Waals surface area contributed by atoms with Gasteiger partial charge in [-0.3, -0.25) is 9.59 Å². The molecule has 0 aromatic carbocycles. The van der Waals surface area contributed by atoms with Gasteiger partial charge in [0, 0.05) is 6.42 Å². The highest BCUT2D eigenvalue weighted by molar-refractivity contribution is 7.92. The highest BCUT2D eigenvalue weighted by Gasteiger charge is 2.24. The number of hydrogen-bond acceptors (Lipinski definition) is 5. The normalized spacial score (nSPS) is 16.5. The number of Topliss-reactive ketones (excluding diaryl/α,β-unsaturated/α-hetero) is 1. The third-order valence-electron chi connectivity index (χ3n) is 3.26. The molecule has 1 rings (SSSR count). The molecule has 0 heterocycles. The molecule has 0 N–H and O–H groups in total. The van der Waals surface area contributed by atoms with Crippen molar-refractivity contribution in [1.82, 2.24) is 0 Å². The quantitative estimate of drug-likeness (QED) is 0.633. The Kier molecular flexibility index (Phi) is 6.48. The maximum Gasteiger partial charge on any atom is 0.306 e. The number of carbonyl (C=O) groups excluding carboxylic acids is 2. The van der Waals surface area contributed by atoms with Crippen molar-refractivity contribution in [3.05, 3.63) is 0 Å². The van der Waals surface area contributed by atoms with Crippen LogP contribution in [0.3, 0.4) is 0 Å². The molecule has 0 amide bonds. The van der Waals surface area contributed by atoms with E-state index in [1.807, 2.05) is 0 Å². The van der Waals surface area contributed by atoms with Crippen LogP contribution in [0.25, 0.3) is 0 Å². The van der Waals surface area contributed by atoms with E-state index in [2.05, 4.69) is 4.74 Å². The van der Waals surface area contributed by atoms with E-state index in [9.17, 15) is 18.0 Å². The minimum absolute atomic E-state index is 0.0361. The molecule has 5 nitrogen and oxygen atoms in total. The molecule has 0 radical (unpaired) electrons. The zero-order chi connectivity index (χ0) is 14.3. The molecule has 0 aromatic heterocycles. The third-order valence-corrected chi connectivity index (χ3v) is 5.00. The Labute approximate surface area is 114 Å². The van der Waals surface area contributed by atoms with Crippen molar-refractivity contribution in [3.63, 3.8) is 0 Å². The van der Waals surface area contributed by atoms with Gasteiger partial charge in [-0.15, -0.1) is 0 Å². The minimum Gasteiger partial charge on any atom is -0.466 e. The smallest absolute Gasteiger partial charge is 0.306 e. The molecule has 110 valence electrons. The molecule has 6 heteroatoms. The topological polar surface area (TPSA) is 77.5 Å². The minimum atomic E-state index is -3.33. The molecule has 0 spiro atoms. The largest absolute Gasteiger partial charge is 0.466 e. The van der Waals surface area contributed by atoms with Gasteiger partial charge in [0.25, 0.3) is 0 Å². The number of carbonyl (C=O) groups is 2. The van der Waals surface area contributed by atoms with Crippen LogP contribution in [0.5, 0.6) is 0 Å². The Bertz CT molecular complexity index is 407. The Morgan fingerprint density at radius 1 is 1.16 bits per heavy atom. The molecule has 0 aromatic rings. The van der Waals surface area contributed by atoms with Crippen LogP contribution in [0.2, 0.25) is 0 Å². The Hall–Kier alpha value is -0.910. The molecular formula is C13H22O5S. The SMILES string of the molecule is CCOC(=O)CCC(=O)CS(=O)(=O)CC1CCCC1. The highest BCUT2D eigenvalue weighted by atomic mass is 32.2. The molecule has 0 saturated heterocycles. The summed E-state index contributed by atoms with van der Waals surface area (Å²) < 4.78 is 28.4. The van der Waals surface area contributed by atoms with Gasteiger partial charge in [0.15, 0.2) is 9.84 Å². The number of ether oxygens (including phenoxy) is 1. The van der Waals surface area contributed by atoms with E-state index in [0.29, 0.717) is 0 Å². The van der Waals surface area contributed by atoms with Crippen molar-refractivity contribution in [2.24, 2.45) is 5.92 Å². The van der Waals surface area contributed by atoms with Gasteiger partial charge in [0.2, 0.25) is 0 Å². The second-order valence-corrected chi connectivity index (χ2v) is 7.16. The van der Waals surface area contributed by atoms with Crippen LogP contribution in [0.15, 0.2) is 0 Å². The van der Waals surface area contributed by atoms with Crippen LogP contribution in [0.4, 0.5) is 0 Å². The first kappa shape index (κ1) is 16.1. The van der Waals surface area contributed by atoms with Gasteiger partial charge in [-0.05, 0) is 25.7 Å². The molecule has 0 bridgehead atoms. The monoisotopic (exact) mass is 290 g/mol. The van der Waals surface area contributed by atoms with Gasteiger partial charge in [-0.2, -0.15) is 0 Å². The highest BCUT2D eigenvalue weighted by Crippen LogP contribution is 2.26. The summed E-state index contributed by atoms with van der Waals surface area (Å²) in [7, 11) is -3.33. The van der Waals surface area contributed by atoms with Gasteiger partial charge >= 0.3 is 5.97 Å². The lowest BCUT2D eigenvalue weighted by atomic mass is 10.1. The summed E-state index contributed by atoms with van der Waals surface area (Å²) in [6, 6.07) is 0. The molecule has 1 aliphatic rings. The number of esters is 1. The summed E-state index contributed by atoms with van der Waals surface area (Å²) in [6.45, 7) is 1.96. The number of hydrogen-bond donors (Lipinski definition) is 0. The second-order valence-electron chi connectivity index (χ2n) is 5.05. The van der Waals surface area contributed by atoms with Crippen molar-refractivity contribution in [2.45, 2.75) is 45.4 Å². The van der Waals surface area contributed by atoms with Crippen molar-refractivity contribution < 1.29 is 22.7 Å². The Balaban J connectivity index is 2.31. The van der Waals surface area contributed by atoms with Gasteiger partial charge in [-0.25, -0.2) is 8.42 Å². The maximum atomic E-state index is 11.8. The van der Waals surface area contributed by atoms with E-state index in [0.717, 1.165) is 25.7 Å². The van der Waals surface area contributed by atoms with Crippen LogP contribution in [-0.2, 0) is 24.2 Å². The molecule has 1 aliphatic carbocycles. The summed E-state index contributed by atoms with van der Waals surface area (Å²) in [5, 5.41) is 0. The summed E-state index contributed by atoms with van der Waals surface area (Å²) in [4.78, 5) is 22.6. The lowest BCUT2D eigenvalue weighted by Gasteiger charge is -2.09. The van der Waals surface area contributed by atoms with Crippen molar-refractivity contribution in [2.75, 3.05) is 18.1 Å². The fourth-order valence-corrected chi connectivity index (χ4v) is 4.19. The second kappa shape index (κ2) is 7.62. The molecule has 19 heavy (non-hydrogen) atoms. The van der Waals surface area contributed by atoms with Gasteiger partial charge < -0.3 is 4.74 Å². The van der Waals surface area contributed by atoms with E-state index in [-0.39, 0.29) is 31.1 Å². The van der Waals surface area contributed by atoms with E-state index in [1.165, 1.54) is 0 Å². The van der Waals surface area contributed by atoms with E-state index >= 15 is 0 Å². The molecule has 0 unspecified atom stereocenters. The van der Waals surface area contributed by atoms with Crippen LogP contribution in [-0.4, -0.2) is 38.3 Å². The van der Waals surface area contributed by atoms with Crippen molar-refractivity contribution in [1.29, 1.82) is 0 Å². The predicted octanol–water partition coefficient (Wildman–Crippen LogP) is 1.50. The van der Waals surface area contributed by atoms with Gasteiger partial charge in [0.1, 0.15) is 11.5 Å². The first-order valence-corrected chi connectivity index (χ1v) is 8.63. The molecule has 0 aliphatic heterocycles. The summed E-state index contributed by atoms with van der Waals surface area (Å²) in [5.74, 6) is -0.973. The summed E-state index contributed by atoms with van der Waals surface area (Å²) in [5.41, 5.74) is 0.